The number of thioether (sulfide) groups is 1. The number of rotatable bonds is 22. The lowest BCUT2D eigenvalue weighted by Crippen LogP contribution is -2.65. The Morgan fingerprint density at radius 1 is 0.739 bits per heavy atom. The van der Waals surface area contributed by atoms with Crippen molar-refractivity contribution in [1.82, 2.24) is 5.32 Å². The van der Waals surface area contributed by atoms with Crippen molar-refractivity contribution in [2.75, 3.05) is 19.0 Å². The molecule has 1 N–H and O–H groups in total. The van der Waals surface area contributed by atoms with Crippen LogP contribution >= 0.6 is 11.8 Å². The van der Waals surface area contributed by atoms with E-state index in [0.29, 0.717) is 16.9 Å². The van der Waals surface area contributed by atoms with Crippen molar-refractivity contribution < 1.29 is 95.3 Å². The van der Waals surface area contributed by atoms with Crippen LogP contribution in [0.5, 0.6) is 0 Å². The van der Waals surface area contributed by atoms with Crippen LogP contribution in [0.2, 0.25) is 0 Å². The molecule has 1 aromatic rings. The summed E-state index contributed by atoms with van der Waals surface area (Å²) in [5, 5.41) is 18.4. The number of nitrogens with one attached hydrogen (secondary N) is 1. The Morgan fingerprint density at radius 3 is 1.84 bits per heavy atom. The first kappa shape index (κ1) is 58.0. The second kappa shape index (κ2) is 28.3. The normalized spacial score (nSPS) is 19.2. The van der Waals surface area contributed by atoms with Crippen molar-refractivity contribution in [2.45, 2.75) is 136 Å². The highest BCUT2D eigenvalue weighted by Crippen LogP contribution is 2.33. The molecule has 2 rings (SSSR count). The van der Waals surface area contributed by atoms with E-state index in [-0.39, 0.29) is 6.54 Å². The van der Waals surface area contributed by atoms with Crippen LogP contribution in [0.1, 0.15) is 80.4 Å². The number of hydrogen-bond acceptors (Lipinski definition) is 21. The van der Waals surface area contributed by atoms with Gasteiger partial charge in [0.1, 0.15) is 25.4 Å². The molecule has 0 spiro atoms. The fourth-order valence-electron chi connectivity index (χ4n) is 6.11. The molecule has 1 aromatic carbocycles. The summed E-state index contributed by atoms with van der Waals surface area (Å²) in [6.45, 7) is 9.29. The van der Waals surface area contributed by atoms with Crippen LogP contribution in [-0.4, -0.2) is 144 Å². The SMILES string of the molecule is C#CC#CC#CSCC(C)(C)/[N+]([O-])=C/c1ccc(CNC(=O)C(OC(C)=O)[C@@H](OC(C)=O)[C@@H](O[C@@H]2OC(COC(C)=O)[C@H](OC(C)=O)[C@H](OC(C)=O)C2OC(C)=O)C(COC(C)=O)OC(C)=O)cc1. The zero-order valence-electron chi connectivity index (χ0n) is 39.5. The molecule has 1 heterocycles. The Kier molecular flexibility index (Phi) is 23.8. The first-order valence-electron chi connectivity index (χ1n) is 20.7. The van der Waals surface area contributed by atoms with Crippen molar-refractivity contribution in [2.24, 2.45) is 0 Å². The van der Waals surface area contributed by atoms with E-state index in [2.05, 4.69) is 34.3 Å². The predicted molar refractivity (Wildman–Crippen MR) is 238 cm³/mol. The summed E-state index contributed by atoms with van der Waals surface area (Å²) in [6.07, 6.45) is -11.0. The number of hydrogen-bond donors (Lipinski definition) is 1. The fraction of sp³-hybridized carbons (Fsp3) is 0.522. The molecule has 1 saturated heterocycles. The first-order valence-corrected chi connectivity index (χ1v) is 21.7. The monoisotopic (exact) mass is 986 g/mol. The summed E-state index contributed by atoms with van der Waals surface area (Å²) in [5.41, 5.74) is 0.0548. The van der Waals surface area contributed by atoms with Gasteiger partial charge in [-0.15, -0.1) is 6.42 Å². The Labute approximate surface area is 402 Å². The first-order chi connectivity index (χ1) is 32.3. The largest absolute Gasteiger partial charge is 0.623 e. The molecule has 0 radical (unpaired) electrons. The van der Waals surface area contributed by atoms with Gasteiger partial charge in [-0.2, -0.15) is 0 Å². The Morgan fingerprint density at radius 2 is 1.30 bits per heavy atom. The number of terminal acetylenes is 1. The summed E-state index contributed by atoms with van der Waals surface area (Å²) in [6, 6.07) is 6.33. The fourth-order valence-corrected chi connectivity index (χ4v) is 6.78. The standard InChI is InChI=1S/C46H54N2O20S/c1-12-13-14-15-20-69-25-46(10,11)48(58)22-35-18-16-34(17-19-35)21-47-44(57)42(65-32(8)55)40(63-30(6)53)39(36(61-28(4)51)23-59-26(2)49)68-45-43(66-33(9)56)41(64-31(7)54)38(62-29(5)52)37(67-45)24-60-27(3)50/h1,16-19,22,36-43,45H,21,23-25H2,2-11H3,(H,47,57)/b48-22-/t36?,37?,38-,39-,40-,41-,42?,43?,45-/m0/s1. The molecule has 9 atom stereocenters. The van der Waals surface area contributed by atoms with Gasteiger partial charge in [-0.05, 0) is 46.6 Å². The number of amides is 1. The molecule has 4 unspecified atom stereocenters. The van der Waals surface area contributed by atoms with Gasteiger partial charge in [0.15, 0.2) is 48.6 Å². The molecular weight excluding hydrogens is 933 g/mol. The minimum absolute atomic E-state index is 0.264. The summed E-state index contributed by atoms with van der Waals surface area (Å²) < 4.78 is 56.3. The van der Waals surface area contributed by atoms with Gasteiger partial charge in [0, 0.05) is 81.3 Å². The number of hydroxylamine groups is 1. The number of benzene rings is 1. The van der Waals surface area contributed by atoms with Crippen LogP contribution in [-0.2, 0) is 97.1 Å². The molecule has 0 aromatic heterocycles. The topological polar surface area (TPSA) is 284 Å². The van der Waals surface area contributed by atoms with Gasteiger partial charge >= 0.3 is 47.8 Å². The smallest absolute Gasteiger partial charge is 0.303 e. The van der Waals surface area contributed by atoms with Crippen LogP contribution < -0.4 is 5.32 Å². The predicted octanol–water partition coefficient (Wildman–Crippen LogP) is 1.17. The molecule has 1 amide bonds. The molecule has 69 heavy (non-hydrogen) atoms. The summed E-state index contributed by atoms with van der Waals surface area (Å²) in [7, 11) is 0. The molecule has 23 heteroatoms. The van der Waals surface area contributed by atoms with Crippen LogP contribution in [0.4, 0.5) is 0 Å². The molecular formula is C46H54N2O20S. The van der Waals surface area contributed by atoms with Crippen molar-refractivity contribution in [1.29, 1.82) is 0 Å². The van der Waals surface area contributed by atoms with E-state index in [4.69, 9.17) is 53.8 Å². The molecule has 1 aliphatic rings. The molecule has 0 bridgehead atoms. The van der Waals surface area contributed by atoms with Gasteiger partial charge in [-0.3, -0.25) is 43.2 Å². The quantitative estimate of drug-likeness (QED) is 0.0324. The third-order valence-electron chi connectivity index (χ3n) is 8.90. The van der Waals surface area contributed by atoms with Gasteiger partial charge in [0.2, 0.25) is 6.10 Å². The zero-order chi connectivity index (χ0) is 52.0. The second-order valence-electron chi connectivity index (χ2n) is 15.4. The van der Waals surface area contributed by atoms with E-state index in [9.17, 15) is 48.4 Å². The van der Waals surface area contributed by atoms with Gasteiger partial charge < -0.3 is 57.9 Å². The van der Waals surface area contributed by atoms with Crippen LogP contribution in [0, 0.1) is 40.6 Å². The van der Waals surface area contributed by atoms with E-state index in [1.807, 2.05) is 0 Å². The summed E-state index contributed by atoms with van der Waals surface area (Å²) in [4.78, 5) is 114. The van der Waals surface area contributed by atoms with Crippen molar-refractivity contribution >= 4 is 71.6 Å². The van der Waals surface area contributed by atoms with Gasteiger partial charge in [0.25, 0.3) is 5.91 Å². The lowest BCUT2D eigenvalue weighted by Gasteiger charge is -2.46. The third-order valence-corrected chi connectivity index (χ3v) is 10.0. The zero-order valence-corrected chi connectivity index (χ0v) is 40.3. The average Bonchev–Trinajstić information content (AvgIpc) is 3.24. The summed E-state index contributed by atoms with van der Waals surface area (Å²) in [5.74, 6) is 0.743. The third kappa shape index (κ3) is 20.7. The van der Waals surface area contributed by atoms with Crippen LogP contribution in [0.15, 0.2) is 24.3 Å². The number of carbonyl (C=O) groups is 9. The molecule has 0 aliphatic carbocycles. The number of ether oxygens (including phenoxy) is 10. The lowest BCUT2D eigenvalue weighted by molar-refractivity contribution is -0.528. The minimum atomic E-state index is -2.19. The molecule has 1 aliphatic heterocycles. The van der Waals surface area contributed by atoms with Crippen LogP contribution in [0.3, 0.4) is 0 Å². The highest BCUT2D eigenvalue weighted by atomic mass is 32.2. The summed E-state index contributed by atoms with van der Waals surface area (Å²) >= 11 is 1.19. The Balaban J connectivity index is 2.73. The number of nitrogens with zero attached hydrogens (tertiary/aromatic N) is 1. The van der Waals surface area contributed by atoms with Gasteiger partial charge in [-0.1, -0.05) is 23.9 Å². The van der Waals surface area contributed by atoms with E-state index >= 15 is 0 Å². The van der Waals surface area contributed by atoms with E-state index in [1.165, 1.54) is 18.0 Å². The Bertz CT molecular complexity index is 2250. The maximum Gasteiger partial charge on any atom is 0.303 e. The number of esters is 8. The minimum Gasteiger partial charge on any atom is -0.623 e. The van der Waals surface area contributed by atoms with E-state index in [0.717, 1.165) is 60.1 Å². The highest BCUT2D eigenvalue weighted by molar-refractivity contribution is 8.03. The van der Waals surface area contributed by atoms with Gasteiger partial charge in [-0.25, -0.2) is 4.74 Å². The Hall–Kier alpha value is -7.13. The highest BCUT2D eigenvalue weighted by Gasteiger charge is 2.56. The van der Waals surface area contributed by atoms with Crippen molar-refractivity contribution in [3.63, 3.8) is 0 Å². The van der Waals surface area contributed by atoms with E-state index < -0.39 is 128 Å². The van der Waals surface area contributed by atoms with Crippen LogP contribution in [0.25, 0.3) is 0 Å². The maximum atomic E-state index is 14.2. The average molecular weight is 987 g/mol. The maximum absolute atomic E-state index is 14.2. The molecule has 1 fully saturated rings. The van der Waals surface area contributed by atoms with E-state index in [1.54, 1.807) is 38.1 Å². The number of carbonyl (C=O) groups excluding carboxylic acids is 9. The van der Waals surface area contributed by atoms with Gasteiger partial charge in [0.05, 0.1) is 5.75 Å². The lowest BCUT2D eigenvalue weighted by atomic mass is 9.97. The molecule has 0 saturated carbocycles. The second-order valence-corrected chi connectivity index (χ2v) is 16.1. The molecule has 22 nitrogen and oxygen atoms in total. The van der Waals surface area contributed by atoms with Crippen molar-refractivity contribution in [3.8, 4) is 35.4 Å². The molecule has 374 valence electrons. The van der Waals surface area contributed by atoms with Crippen molar-refractivity contribution in [3.05, 3.63) is 40.6 Å².